The Bertz CT molecular complexity index is 540. The smallest absolute Gasteiger partial charge is 0.0859 e. The van der Waals surface area contributed by atoms with Crippen LogP contribution in [0.25, 0.3) is 0 Å². The number of aryl methyl sites for hydroxylation is 1. The molecule has 1 aromatic carbocycles. The van der Waals surface area contributed by atoms with Crippen molar-refractivity contribution in [3.8, 4) is 0 Å². The van der Waals surface area contributed by atoms with Crippen molar-refractivity contribution in [2.75, 3.05) is 0 Å². The summed E-state index contributed by atoms with van der Waals surface area (Å²) in [7, 11) is 0. The SMILES string of the molecule is Cc1ccc(CC(O)c2ccc(Cl)cc2Cl)nc1. The fraction of sp³-hybridized carbons (Fsp3) is 0.214. The second kappa shape index (κ2) is 5.70. The fourth-order valence-corrected chi connectivity index (χ4v) is 2.23. The summed E-state index contributed by atoms with van der Waals surface area (Å²) in [5.74, 6) is 0. The van der Waals surface area contributed by atoms with E-state index in [0.717, 1.165) is 11.3 Å². The topological polar surface area (TPSA) is 33.1 Å². The summed E-state index contributed by atoms with van der Waals surface area (Å²) in [4.78, 5) is 4.26. The number of nitrogens with zero attached hydrogens (tertiary/aromatic N) is 1. The number of halogens is 2. The minimum Gasteiger partial charge on any atom is -0.388 e. The molecule has 0 saturated heterocycles. The maximum atomic E-state index is 10.1. The lowest BCUT2D eigenvalue weighted by Gasteiger charge is -2.12. The lowest BCUT2D eigenvalue weighted by molar-refractivity contribution is 0.177. The Hall–Kier alpha value is -1.09. The summed E-state index contributed by atoms with van der Waals surface area (Å²) in [6, 6.07) is 8.96. The molecule has 2 nitrogen and oxygen atoms in total. The monoisotopic (exact) mass is 281 g/mol. The number of aliphatic hydroxyl groups excluding tert-OH is 1. The molecule has 0 aliphatic rings. The van der Waals surface area contributed by atoms with E-state index in [9.17, 15) is 5.11 Å². The normalized spacial score (nSPS) is 12.4. The van der Waals surface area contributed by atoms with Crippen LogP contribution in [0.3, 0.4) is 0 Å². The third kappa shape index (κ3) is 3.22. The van der Waals surface area contributed by atoms with Crippen LogP contribution in [-0.4, -0.2) is 10.1 Å². The number of benzene rings is 1. The summed E-state index contributed by atoms with van der Waals surface area (Å²) in [5, 5.41) is 11.2. The summed E-state index contributed by atoms with van der Waals surface area (Å²) in [6.07, 6.45) is 1.54. The Morgan fingerprint density at radius 3 is 2.61 bits per heavy atom. The van der Waals surface area contributed by atoms with Crippen molar-refractivity contribution in [1.82, 2.24) is 4.98 Å². The van der Waals surface area contributed by atoms with Gasteiger partial charge in [-0.1, -0.05) is 35.3 Å². The molecule has 1 heterocycles. The van der Waals surface area contributed by atoms with Crippen molar-refractivity contribution >= 4 is 23.2 Å². The fourth-order valence-electron chi connectivity index (χ4n) is 1.70. The highest BCUT2D eigenvalue weighted by Crippen LogP contribution is 2.27. The predicted octanol–water partition coefficient (Wildman–Crippen LogP) is 3.97. The Balaban J connectivity index is 2.16. The Morgan fingerprint density at radius 2 is 2.00 bits per heavy atom. The quantitative estimate of drug-likeness (QED) is 0.923. The van der Waals surface area contributed by atoms with Crippen LogP contribution in [0.1, 0.15) is 22.9 Å². The molecular weight excluding hydrogens is 269 g/mol. The molecule has 1 unspecified atom stereocenters. The van der Waals surface area contributed by atoms with Gasteiger partial charge >= 0.3 is 0 Å². The number of aromatic nitrogens is 1. The molecule has 0 aliphatic heterocycles. The van der Waals surface area contributed by atoms with Crippen molar-refractivity contribution < 1.29 is 5.11 Å². The molecule has 2 aromatic rings. The first-order chi connectivity index (χ1) is 8.56. The summed E-state index contributed by atoms with van der Waals surface area (Å²) in [6.45, 7) is 1.98. The van der Waals surface area contributed by atoms with Gasteiger partial charge in [-0.05, 0) is 36.2 Å². The summed E-state index contributed by atoms with van der Waals surface area (Å²) < 4.78 is 0. The van der Waals surface area contributed by atoms with Crippen LogP contribution in [0.2, 0.25) is 10.0 Å². The molecule has 0 spiro atoms. The third-order valence-corrected chi connectivity index (χ3v) is 3.26. The maximum Gasteiger partial charge on any atom is 0.0859 e. The van der Waals surface area contributed by atoms with Crippen LogP contribution in [0.4, 0.5) is 0 Å². The van der Waals surface area contributed by atoms with E-state index in [-0.39, 0.29) is 0 Å². The van der Waals surface area contributed by atoms with Crippen molar-refractivity contribution in [3.63, 3.8) is 0 Å². The van der Waals surface area contributed by atoms with Crippen LogP contribution in [0.5, 0.6) is 0 Å². The Labute approximate surface area is 116 Å². The van der Waals surface area contributed by atoms with Crippen molar-refractivity contribution in [1.29, 1.82) is 0 Å². The van der Waals surface area contributed by atoms with Gasteiger partial charge in [0.15, 0.2) is 0 Å². The first-order valence-electron chi connectivity index (χ1n) is 5.61. The van der Waals surface area contributed by atoms with E-state index < -0.39 is 6.10 Å². The molecule has 4 heteroatoms. The zero-order valence-electron chi connectivity index (χ0n) is 9.90. The Kier molecular flexibility index (Phi) is 4.23. The standard InChI is InChI=1S/C14H13Cl2NO/c1-9-2-4-11(17-8-9)7-14(18)12-5-3-10(15)6-13(12)16/h2-6,8,14,18H,7H2,1H3. The van der Waals surface area contributed by atoms with Gasteiger partial charge in [0.1, 0.15) is 0 Å². The van der Waals surface area contributed by atoms with Crippen LogP contribution in [0, 0.1) is 6.92 Å². The summed E-state index contributed by atoms with van der Waals surface area (Å²) >= 11 is 11.9. The van der Waals surface area contributed by atoms with Crippen molar-refractivity contribution in [2.24, 2.45) is 0 Å². The van der Waals surface area contributed by atoms with Gasteiger partial charge in [-0.25, -0.2) is 0 Å². The lowest BCUT2D eigenvalue weighted by Crippen LogP contribution is -2.04. The number of hydrogen-bond donors (Lipinski definition) is 1. The average Bonchev–Trinajstić information content (AvgIpc) is 2.32. The zero-order valence-corrected chi connectivity index (χ0v) is 11.4. The third-order valence-electron chi connectivity index (χ3n) is 2.70. The molecule has 1 atom stereocenters. The minimum atomic E-state index is -0.676. The molecule has 94 valence electrons. The van der Waals surface area contributed by atoms with Gasteiger partial charge in [-0.2, -0.15) is 0 Å². The average molecular weight is 282 g/mol. The molecule has 18 heavy (non-hydrogen) atoms. The van der Waals surface area contributed by atoms with E-state index in [4.69, 9.17) is 23.2 Å². The van der Waals surface area contributed by atoms with Gasteiger partial charge in [-0.3, -0.25) is 4.98 Å². The number of aliphatic hydroxyl groups is 1. The van der Waals surface area contributed by atoms with Crippen LogP contribution >= 0.6 is 23.2 Å². The number of hydrogen-bond acceptors (Lipinski definition) is 2. The van der Waals surface area contributed by atoms with E-state index in [1.165, 1.54) is 0 Å². The molecule has 0 radical (unpaired) electrons. The van der Waals surface area contributed by atoms with Crippen LogP contribution in [-0.2, 0) is 6.42 Å². The molecular formula is C14H13Cl2NO. The van der Waals surface area contributed by atoms with Gasteiger partial charge in [0.2, 0.25) is 0 Å². The van der Waals surface area contributed by atoms with E-state index in [1.54, 1.807) is 24.4 Å². The molecule has 0 saturated carbocycles. The highest BCUT2D eigenvalue weighted by molar-refractivity contribution is 6.35. The van der Waals surface area contributed by atoms with Crippen LogP contribution in [0.15, 0.2) is 36.5 Å². The molecule has 0 amide bonds. The highest BCUT2D eigenvalue weighted by Gasteiger charge is 2.13. The first-order valence-corrected chi connectivity index (χ1v) is 6.36. The molecule has 2 rings (SSSR count). The molecule has 0 bridgehead atoms. The summed E-state index contributed by atoms with van der Waals surface area (Å²) in [5.41, 5.74) is 2.60. The maximum absolute atomic E-state index is 10.1. The number of pyridine rings is 1. The van der Waals surface area contributed by atoms with E-state index in [0.29, 0.717) is 22.0 Å². The minimum absolute atomic E-state index is 0.432. The van der Waals surface area contributed by atoms with Crippen LogP contribution < -0.4 is 0 Å². The van der Waals surface area contributed by atoms with E-state index >= 15 is 0 Å². The van der Waals surface area contributed by atoms with E-state index in [1.807, 2.05) is 19.1 Å². The van der Waals surface area contributed by atoms with Crippen molar-refractivity contribution in [2.45, 2.75) is 19.4 Å². The highest BCUT2D eigenvalue weighted by atomic mass is 35.5. The van der Waals surface area contributed by atoms with Gasteiger partial charge in [-0.15, -0.1) is 0 Å². The van der Waals surface area contributed by atoms with Gasteiger partial charge in [0.05, 0.1) is 6.10 Å². The van der Waals surface area contributed by atoms with Gasteiger partial charge in [0.25, 0.3) is 0 Å². The molecule has 0 aliphatic carbocycles. The molecule has 0 fully saturated rings. The predicted molar refractivity (Wildman–Crippen MR) is 74.1 cm³/mol. The zero-order chi connectivity index (χ0) is 13.1. The van der Waals surface area contributed by atoms with Crippen molar-refractivity contribution in [3.05, 3.63) is 63.4 Å². The first kappa shape index (κ1) is 13.3. The Morgan fingerprint density at radius 1 is 1.22 bits per heavy atom. The lowest BCUT2D eigenvalue weighted by atomic mass is 10.0. The van der Waals surface area contributed by atoms with Gasteiger partial charge in [0, 0.05) is 28.4 Å². The number of rotatable bonds is 3. The van der Waals surface area contributed by atoms with E-state index in [2.05, 4.69) is 4.98 Å². The largest absolute Gasteiger partial charge is 0.388 e. The second-order valence-corrected chi connectivity index (χ2v) is 5.06. The second-order valence-electron chi connectivity index (χ2n) is 4.21. The molecule has 1 aromatic heterocycles. The van der Waals surface area contributed by atoms with Gasteiger partial charge < -0.3 is 5.11 Å². The molecule has 1 N–H and O–H groups in total.